The summed E-state index contributed by atoms with van der Waals surface area (Å²) in [7, 11) is 0. The second kappa shape index (κ2) is 7.44. The van der Waals surface area contributed by atoms with Crippen molar-refractivity contribution in [2.75, 3.05) is 0 Å². The third-order valence-electron chi connectivity index (χ3n) is 3.20. The molecule has 1 aromatic rings. The third kappa shape index (κ3) is 3.92. The van der Waals surface area contributed by atoms with E-state index in [4.69, 9.17) is 11.6 Å². The molecule has 0 spiro atoms. The Bertz CT molecular complexity index is 396. The molecule has 1 aromatic carbocycles. The molecule has 0 fully saturated rings. The predicted molar refractivity (Wildman–Crippen MR) is 76.3 cm³/mol. The minimum atomic E-state index is -0.898. The summed E-state index contributed by atoms with van der Waals surface area (Å²) < 4.78 is 26.3. The highest BCUT2D eigenvalue weighted by Crippen LogP contribution is 2.40. The smallest absolute Gasteiger partial charge is 0.160 e. The van der Waals surface area contributed by atoms with Crippen LogP contribution in [0.2, 0.25) is 5.02 Å². The van der Waals surface area contributed by atoms with E-state index in [1.54, 1.807) is 0 Å². The van der Waals surface area contributed by atoms with Crippen molar-refractivity contribution in [1.82, 2.24) is 0 Å². The number of hydrogen-bond acceptors (Lipinski definition) is 0. The summed E-state index contributed by atoms with van der Waals surface area (Å²) in [6.45, 7) is 4.24. The molecule has 0 heterocycles. The molecule has 0 aromatic heterocycles. The van der Waals surface area contributed by atoms with E-state index in [9.17, 15) is 8.78 Å². The van der Waals surface area contributed by atoms with Crippen LogP contribution in [0.3, 0.4) is 0 Å². The van der Waals surface area contributed by atoms with Gasteiger partial charge in [-0.25, -0.2) is 8.78 Å². The molecule has 0 aliphatic heterocycles. The topological polar surface area (TPSA) is 0 Å². The molecule has 2 atom stereocenters. The van der Waals surface area contributed by atoms with E-state index in [-0.39, 0.29) is 9.85 Å². The van der Waals surface area contributed by atoms with Gasteiger partial charge in [-0.15, -0.1) is 0 Å². The van der Waals surface area contributed by atoms with Gasteiger partial charge < -0.3 is 0 Å². The molecule has 0 saturated carbocycles. The average Bonchev–Trinajstić information content (AvgIpc) is 2.34. The van der Waals surface area contributed by atoms with Crippen LogP contribution in [0.25, 0.3) is 0 Å². The van der Waals surface area contributed by atoms with Crippen LogP contribution in [-0.2, 0) is 0 Å². The lowest BCUT2D eigenvalue weighted by molar-refractivity contribution is 0.443. The summed E-state index contributed by atoms with van der Waals surface area (Å²) in [5.41, 5.74) is 0.638. The first-order valence-electron chi connectivity index (χ1n) is 6.29. The van der Waals surface area contributed by atoms with Crippen LogP contribution < -0.4 is 0 Å². The standard InChI is InChI=1S/C14H18BrClF2/c1-3-5-6-9(4-2)14(15)10-7-12(17)13(18)8-11(10)16/h7-9,14H,3-6H2,1-2H3. The normalized spacial score (nSPS) is 14.6. The molecule has 0 aliphatic carbocycles. The number of hydrogen-bond donors (Lipinski definition) is 0. The lowest BCUT2D eigenvalue weighted by atomic mass is 9.92. The van der Waals surface area contributed by atoms with E-state index in [0.29, 0.717) is 11.5 Å². The summed E-state index contributed by atoms with van der Waals surface area (Å²) >= 11 is 9.57. The van der Waals surface area contributed by atoms with Crippen molar-refractivity contribution < 1.29 is 8.78 Å². The maximum Gasteiger partial charge on any atom is 0.160 e. The Labute approximate surface area is 121 Å². The average molecular weight is 340 g/mol. The number of benzene rings is 1. The number of alkyl halides is 1. The first kappa shape index (κ1) is 15.9. The molecule has 0 N–H and O–H groups in total. The fourth-order valence-corrected chi connectivity index (χ4v) is 3.44. The molecule has 0 amide bonds. The van der Waals surface area contributed by atoms with Gasteiger partial charge in [0.2, 0.25) is 0 Å². The quantitative estimate of drug-likeness (QED) is 0.423. The Morgan fingerprint density at radius 1 is 1.22 bits per heavy atom. The van der Waals surface area contributed by atoms with Gasteiger partial charge in [0, 0.05) is 9.85 Å². The van der Waals surface area contributed by atoms with Crippen molar-refractivity contribution in [3.05, 3.63) is 34.4 Å². The zero-order valence-corrected chi connectivity index (χ0v) is 13.0. The molecule has 102 valence electrons. The van der Waals surface area contributed by atoms with Crippen LogP contribution in [0.1, 0.15) is 49.9 Å². The van der Waals surface area contributed by atoms with E-state index in [0.717, 1.165) is 31.7 Å². The van der Waals surface area contributed by atoms with E-state index >= 15 is 0 Å². The monoisotopic (exact) mass is 338 g/mol. The zero-order valence-electron chi connectivity index (χ0n) is 10.6. The first-order valence-corrected chi connectivity index (χ1v) is 7.59. The fraction of sp³-hybridized carbons (Fsp3) is 0.571. The van der Waals surface area contributed by atoms with Crippen molar-refractivity contribution in [1.29, 1.82) is 0 Å². The van der Waals surface area contributed by atoms with Gasteiger partial charge in [0.25, 0.3) is 0 Å². The number of rotatable bonds is 6. The van der Waals surface area contributed by atoms with Crippen LogP contribution in [0.5, 0.6) is 0 Å². The summed E-state index contributed by atoms with van der Waals surface area (Å²) in [5.74, 6) is -1.36. The van der Waals surface area contributed by atoms with Gasteiger partial charge in [0.1, 0.15) is 0 Å². The van der Waals surface area contributed by atoms with Crippen molar-refractivity contribution in [3.63, 3.8) is 0 Å². The largest absolute Gasteiger partial charge is 0.204 e. The molecule has 4 heteroatoms. The zero-order chi connectivity index (χ0) is 13.7. The highest BCUT2D eigenvalue weighted by molar-refractivity contribution is 9.09. The highest BCUT2D eigenvalue weighted by Gasteiger charge is 2.22. The Kier molecular flexibility index (Phi) is 6.58. The summed E-state index contributed by atoms with van der Waals surface area (Å²) in [6, 6.07) is 2.25. The second-order valence-corrected chi connectivity index (χ2v) is 5.89. The third-order valence-corrected chi connectivity index (χ3v) is 4.77. The van der Waals surface area contributed by atoms with Crippen molar-refractivity contribution >= 4 is 27.5 Å². The summed E-state index contributed by atoms with van der Waals surface area (Å²) in [6.07, 6.45) is 4.28. The lowest BCUT2D eigenvalue weighted by Crippen LogP contribution is -2.08. The van der Waals surface area contributed by atoms with Gasteiger partial charge in [0.15, 0.2) is 11.6 Å². The molecule has 0 nitrogen and oxygen atoms in total. The van der Waals surface area contributed by atoms with E-state index in [1.165, 1.54) is 6.07 Å². The van der Waals surface area contributed by atoms with Crippen molar-refractivity contribution in [3.8, 4) is 0 Å². The number of halogens is 4. The SMILES string of the molecule is CCCCC(CC)C(Br)c1cc(F)c(F)cc1Cl. The maximum absolute atomic E-state index is 13.3. The van der Waals surface area contributed by atoms with Crippen LogP contribution >= 0.6 is 27.5 Å². The highest BCUT2D eigenvalue weighted by atomic mass is 79.9. The summed E-state index contributed by atoms with van der Waals surface area (Å²) in [4.78, 5) is -0.0309. The second-order valence-electron chi connectivity index (χ2n) is 4.50. The van der Waals surface area contributed by atoms with Crippen molar-refractivity contribution in [2.45, 2.75) is 44.4 Å². The minimum Gasteiger partial charge on any atom is -0.204 e. The van der Waals surface area contributed by atoms with E-state index in [2.05, 4.69) is 29.8 Å². The van der Waals surface area contributed by atoms with Gasteiger partial charge in [-0.1, -0.05) is 60.6 Å². The maximum atomic E-state index is 13.3. The summed E-state index contributed by atoms with van der Waals surface area (Å²) in [5, 5.41) is 0.283. The Balaban J connectivity index is 2.94. The van der Waals surface area contributed by atoms with Crippen LogP contribution in [0.15, 0.2) is 12.1 Å². The molecule has 1 rings (SSSR count). The van der Waals surface area contributed by atoms with E-state index in [1.807, 2.05) is 0 Å². The van der Waals surface area contributed by atoms with E-state index < -0.39 is 11.6 Å². The molecule has 18 heavy (non-hydrogen) atoms. The fourth-order valence-electron chi connectivity index (χ4n) is 2.03. The molecular weight excluding hydrogens is 322 g/mol. The van der Waals surface area contributed by atoms with Gasteiger partial charge >= 0.3 is 0 Å². The first-order chi connectivity index (χ1) is 8.51. The van der Waals surface area contributed by atoms with Crippen LogP contribution in [0, 0.1) is 17.6 Å². The molecule has 0 aliphatic rings. The Morgan fingerprint density at radius 3 is 2.39 bits per heavy atom. The Hall–Kier alpha value is -0.150. The van der Waals surface area contributed by atoms with Crippen LogP contribution in [-0.4, -0.2) is 0 Å². The van der Waals surface area contributed by atoms with Gasteiger partial charge in [-0.2, -0.15) is 0 Å². The van der Waals surface area contributed by atoms with Crippen molar-refractivity contribution in [2.24, 2.45) is 5.92 Å². The molecule has 0 bridgehead atoms. The lowest BCUT2D eigenvalue weighted by Gasteiger charge is -2.22. The van der Waals surface area contributed by atoms with Gasteiger partial charge in [-0.05, 0) is 30.0 Å². The van der Waals surface area contributed by atoms with Gasteiger partial charge in [0.05, 0.1) is 0 Å². The number of unbranched alkanes of at least 4 members (excludes halogenated alkanes) is 1. The molecule has 2 unspecified atom stereocenters. The van der Waals surface area contributed by atoms with Crippen LogP contribution in [0.4, 0.5) is 8.78 Å². The molecular formula is C14H18BrClF2. The molecule has 0 saturated heterocycles. The van der Waals surface area contributed by atoms with Gasteiger partial charge in [-0.3, -0.25) is 0 Å². The molecule has 0 radical (unpaired) electrons. The Morgan fingerprint density at radius 2 is 1.83 bits per heavy atom. The minimum absolute atomic E-state index is 0.0309. The predicted octanol–water partition coefficient (Wildman–Crippen LogP) is 6.27.